The van der Waals surface area contributed by atoms with Crippen LogP contribution in [-0.2, 0) is 4.79 Å². The minimum absolute atomic E-state index is 0.0363. The van der Waals surface area contributed by atoms with Gasteiger partial charge in [-0.25, -0.2) is 0 Å². The maximum atomic E-state index is 12.4. The maximum absolute atomic E-state index is 12.4. The number of carbonyl (C=O) groups excluding carboxylic acids is 2. The lowest BCUT2D eigenvalue weighted by molar-refractivity contribution is -0.123. The van der Waals surface area contributed by atoms with E-state index in [1.54, 1.807) is 30.3 Å². The zero-order valence-electron chi connectivity index (χ0n) is 17.7. The molecule has 0 atom stereocenters. The van der Waals surface area contributed by atoms with Crippen molar-refractivity contribution in [2.45, 2.75) is 19.8 Å². The van der Waals surface area contributed by atoms with Crippen molar-refractivity contribution in [3.8, 4) is 11.5 Å². The number of rotatable bonds is 8. The van der Waals surface area contributed by atoms with E-state index in [4.69, 9.17) is 21.7 Å². The summed E-state index contributed by atoms with van der Waals surface area (Å²) in [6.45, 7) is 2.46. The molecule has 0 aromatic heterocycles. The Kier molecular flexibility index (Phi) is 8.39. The lowest BCUT2D eigenvalue weighted by Gasteiger charge is -2.13. The molecule has 0 fully saturated rings. The van der Waals surface area contributed by atoms with Gasteiger partial charge in [-0.1, -0.05) is 55.8 Å². The molecule has 3 N–H and O–H groups in total. The Labute approximate surface area is 192 Å². The van der Waals surface area contributed by atoms with Crippen molar-refractivity contribution in [3.05, 3.63) is 72.3 Å². The van der Waals surface area contributed by atoms with Gasteiger partial charge in [0.15, 0.2) is 11.7 Å². The molecule has 0 aliphatic rings. The van der Waals surface area contributed by atoms with Crippen LogP contribution in [0.15, 0.2) is 66.7 Å². The summed E-state index contributed by atoms with van der Waals surface area (Å²) in [5, 5.41) is 4.41. The average molecular weight is 452 g/mol. The molecule has 0 radical (unpaired) electrons. The van der Waals surface area contributed by atoms with Gasteiger partial charge in [0, 0.05) is 10.9 Å². The molecule has 0 aliphatic carbocycles. The monoisotopic (exact) mass is 451 g/mol. The largest absolute Gasteiger partial charge is 0.494 e. The first-order valence-electron chi connectivity index (χ1n) is 10.3. The van der Waals surface area contributed by atoms with Crippen LogP contribution in [0.3, 0.4) is 0 Å². The van der Waals surface area contributed by atoms with Crippen molar-refractivity contribution in [1.29, 1.82) is 0 Å². The SMILES string of the molecule is CCCCOc1cccc(C(=O)NC(=S)NNC(=O)COc2cccc3ccccc23)c1. The van der Waals surface area contributed by atoms with Crippen molar-refractivity contribution in [3.63, 3.8) is 0 Å². The zero-order chi connectivity index (χ0) is 22.8. The second kappa shape index (κ2) is 11.7. The summed E-state index contributed by atoms with van der Waals surface area (Å²) in [6, 6.07) is 20.2. The number of hydrogen-bond acceptors (Lipinski definition) is 5. The number of unbranched alkanes of at least 4 members (excludes halogenated alkanes) is 1. The van der Waals surface area contributed by atoms with E-state index >= 15 is 0 Å². The lowest BCUT2D eigenvalue weighted by atomic mass is 10.1. The second-order valence-electron chi connectivity index (χ2n) is 6.95. The highest BCUT2D eigenvalue weighted by molar-refractivity contribution is 7.80. The number of nitrogens with one attached hydrogen (secondary N) is 3. The van der Waals surface area contributed by atoms with Gasteiger partial charge in [0.25, 0.3) is 11.8 Å². The fourth-order valence-electron chi connectivity index (χ4n) is 2.90. The summed E-state index contributed by atoms with van der Waals surface area (Å²) in [6.07, 6.45) is 1.97. The number of hydrogen-bond donors (Lipinski definition) is 3. The Bertz CT molecular complexity index is 1100. The standard InChI is InChI=1S/C24H25N3O4S/c1-2-3-14-30-19-11-6-10-18(15-19)23(29)25-24(32)27-26-22(28)16-31-21-13-7-9-17-8-4-5-12-20(17)21/h4-13,15H,2-3,14,16H2,1H3,(H,26,28)(H2,25,27,29,32). The number of amides is 2. The first kappa shape index (κ1) is 23.0. The van der Waals surface area contributed by atoms with Crippen LogP contribution in [0.2, 0.25) is 0 Å². The van der Waals surface area contributed by atoms with E-state index in [1.807, 2.05) is 36.4 Å². The van der Waals surface area contributed by atoms with Gasteiger partial charge in [-0.3, -0.25) is 25.8 Å². The Hall–Kier alpha value is -3.65. The number of benzene rings is 3. The minimum Gasteiger partial charge on any atom is -0.494 e. The van der Waals surface area contributed by atoms with Crippen molar-refractivity contribution < 1.29 is 19.1 Å². The quantitative estimate of drug-likeness (QED) is 0.275. The smallest absolute Gasteiger partial charge is 0.276 e. The predicted molar refractivity (Wildman–Crippen MR) is 128 cm³/mol. The third-order valence-electron chi connectivity index (χ3n) is 4.51. The van der Waals surface area contributed by atoms with E-state index in [0.29, 0.717) is 23.7 Å². The number of fused-ring (bicyclic) bond motifs is 1. The van der Waals surface area contributed by atoms with Crippen LogP contribution < -0.4 is 25.6 Å². The number of carbonyl (C=O) groups is 2. The molecule has 2 amide bonds. The van der Waals surface area contributed by atoms with Gasteiger partial charge in [0.1, 0.15) is 11.5 Å². The third kappa shape index (κ3) is 6.68. The van der Waals surface area contributed by atoms with Crippen LogP contribution in [0.5, 0.6) is 11.5 Å². The highest BCUT2D eigenvalue weighted by Gasteiger charge is 2.10. The molecule has 166 valence electrons. The maximum Gasteiger partial charge on any atom is 0.276 e. The molecule has 32 heavy (non-hydrogen) atoms. The molecule has 0 unspecified atom stereocenters. The lowest BCUT2D eigenvalue weighted by Crippen LogP contribution is -2.49. The van der Waals surface area contributed by atoms with Crippen LogP contribution in [0.25, 0.3) is 10.8 Å². The van der Waals surface area contributed by atoms with Gasteiger partial charge < -0.3 is 9.47 Å². The highest BCUT2D eigenvalue weighted by atomic mass is 32.1. The summed E-state index contributed by atoms with van der Waals surface area (Å²) in [7, 11) is 0. The van der Waals surface area contributed by atoms with Crippen molar-refractivity contribution >= 4 is 39.9 Å². The summed E-state index contributed by atoms with van der Waals surface area (Å²) in [5.41, 5.74) is 5.31. The van der Waals surface area contributed by atoms with Crippen LogP contribution in [0.4, 0.5) is 0 Å². The summed E-state index contributed by atoms with van der Waals surface area (Å²) < 4.78 is 11.2. The van der Waals surface area contributed by atoms with E-state index in [-0.39, 0.29) is 11.7 Å². The van der Waals surface area contributed by atoms with Gasteiger partial charge in [-0.05, 0) is 48.3 Å². The molecule has 0 spiro atoms. The Morgan fingerprint density at radius 2 is 1.72 bits per heavy atom. The fourth-order valence-corrected chi connectivity index (χ4v) is 3.04. The molecule has 0 bridgehead atoms. The van der Waals surface area contributed by atoms with Crippen LogP contribution >= 0.6 is 12.2 Å². The molecule has 0 saturated carbocycles. The fraction of sp³-hybridized carbons (Fsp3) is 0.208. The van der Waals surface area contributed by atoms with Crippen LogP contribution in [0.1, 0.15) is 30.1 Å². The van der Waals surface area contributed by atoms with Gasteiger partial charge >= 0.3 is 0 Å². The molecule has 8 heteroatoms. The number of hydrazine groups is 1. The van der Waals surface area contributed by atoms with E-state index in [0.717, 1.165) is 23.6 Å². The minimum atomic E-state index is -0.444. The molecular weight excluding hydrogens is 426 g/mol. The first-order valence-corrected chi connectivity index (χ1v) is 10.7. The van der Waals surface area contributed by atoms with Crippen molar-refractivity contribution in [2.75, 3.05) is 13.2 Å². The highest BCUT2D eigenvalue weighted by Crippen LogP contribution is 2.24. The third-order valence-corrected chi connectivity index (χ3v) is 4.72. The second-order valence-corrected chi connectivity index (χ2v) is 7.36. The Morgan fingerprint density at radius 1 is 0.938 bits per heavy atom. The molecule has 7 nitrogen and oxygen atoms in total. The van der Waals surface area contributed by atoms with E-state index in [9.17, 15) is 9.59 Å². The summed E-state index contributed by atoms with van der Waals surface area (Å²) in [5.74, 6) is 0.365. The van der Waals surface area contributed by atoms with Crippen molar-refractivity contribution in [2.24, 2.45) is 0 Å². The molecule has 0 saturated heterocycles. The van der Waals surface area contributed by atoms with Crippen LogP contribution in [-0.4, -0.2) is 30.1 Å². The molecule has 3 aromatic rings. The Balaban J connectivity index is 1.44. The van der Waals surface area contributed by atoms with Crippen molar-refractivity contribution in [1.82, 2.24) is 16.2 Å². The van der Waals surface area contributed by atoms with Gasteiger partial charge in [0.05, 0.1) is 6.61 Å². The summed E-state index contributed by atoms with van der Waals surface area (Å²) >= 11 is 5.08. The van der Waals surface area contributed by atoms with Gasteiger partial charge in [-0.2, -0.15) is 0 Å². The van der Waals surface area contributed by atoms with E-state index in [2.05, 4.69) is 23.1 Å². The van der Waals surface area contributed by atoms with Crippen LogP contribution in [0, 0.1) is 0 Å². The number of ether oxygens (including phenoxy) is 2. The first-order chi connectivity index (χ1) is 15.6. The topological polar surface area (TPSA) is 88.7 Å². The molecule has 0 heterocycles. The van der Waals surface area contributed by atoms with E-state index < -0.39 is 11.8 Å². The molecule has 0 aliphatic heterocycles. The molecular formula is C24H25N3O4S. The van der Waals surface area contributed by atoms with Gasteiger partial charge in [0.2, 0.25) is 0 Å². The zero-order valence-corrected chi connectivity index (χ0v) is 18.5. The molecule has 3 aromatic carbocycles. The average Bonchev–Trinajstić information content (AvgIpc) is 2.81. The number of thiocarbonyl (C=S) groups is 1. The predicted octanol–water partition coefficient (Wildman–Crippen LogP) is 3.73. The Morgan fingerprint density at radius 3 is 2.56 bits per heavy atom. The normalized spacial score (nSPS) is 10.3. The van der Waals surface area contributed by atoms with Gasteiger partial charge in [-0.15, -0.1) is 0 Å². The van der Waals surface area contributed by atoms with E-state index in [1.165, 1.54) is 0 Å². The molecule has 3 rings (SSSR count). The summed E-state index contributed by atoms with van der Waals surface area (Å²) in [4.78, 5) is 24.5.